The first-order valence-electron chi connectivity index (χ1n) is 10.5. The first-order valence-corrected chi connectivity index (χ1v) is 10.5. The Hall–Kier alpha value is -3.94. The Morgan fingerprint density at radius 2 is 1.94 bits per heavy atom. The number of ether oxygens (including phenoxy) is 1. The standard InChI is InChI=1S/C24H24N4O4/c1-3-31-19-7-5-4-6-18(19)14-25-20(29)12-13-28-15-26-23-21(24(28)30)22(27-32-23)17-10-8-16(2)9-11-17/h4-11,15H,3,12-14H2,1-2H3,(H,25,29). The number of fused-ring (bicyclic) bond motifs is 1. The summed E-state index contributed by atoms with van der Waals surface area (Å²) in [6.45, 7) is 5.00. The third-order valence-electron chi connectivity index (χ3n) is 5.12. The van der Waals surface area contributed by atoms with Crippen molar-refractivity contribution in [1.29, 1.82) is 0 Å². The summed E-state index contributed by atoms with van der Waals surface area (Å²) in [7, 11) is 0. The Balaban J connectivity index is 1.46. The van der Waals surface area contributed by atoms with Crippen LogP contribution in [-0.4, -0.2) is 27.2 Å². The first kappa shape index (κ1) is 21.3. The average Bonchev–Trinajstić information content (AvgIpc) is 3.24. The minimum Gasteiger partial charge on any atom is -0.494 e. The molecule has 2 aromatic heterocycles. The van der Waals surface area contributed by atoms with E-state index in [4.69, 9.17) is 9.26 Å². The zero-order valence-electron chi connectivity index (χ0n) is 18.0. The van der Waals surface area contributed by atoms with E-state index in [1.165, 1.54) is 10.9 Å². The Morgan fingerprint density at radius 3 is 2.72 bits per heavy atom. The summed E-state index contributed by atoms with van der Waals surface area (Å²) < 4.78 is 12.2. The van der Waals surface area contributed by atoms with Crippen LogP contribution in [0.5, 0.6) is 5.75 Å². The van der Waals surface area contributed by atoms with Crippen LogP contribution in [0.25, 0.3) is 22.4 Å². The van der Waals surface area contributed by atoms with Crippen molar-refractivity contribution < 1.29 is 14.1 Å². The van der Waals surface area contributed by atoms with Gasteiger partial charge in [0.1, 0.15) is 23.2 Å². The fourth-order valence-electron chi connectivity index (χ4n) is 3.40. The van der Waals surface area contributed by atoms with Gasteiger partial charge >= 0.3 is 0 Å². The maximum Gasteiger partial charge on any atom is 0.266 e. The number of aromatic nitrogens is 3. The number of nitrogens with zero attached hydrogens (tertiary/aromatic N) is 3. The number of rotatable bonds is 8. The summed E-state index contributed by atoms with van der Waals surface area (Å²) in [5.41, 5.74) is 3.11. The molecule has 2 heterocycles. The second kappa shape index (κ2) is 9.47. The van der Waals surface area contributed by atoms with E-state index in [1.807, 2.05) is 62.4 Å². The zero-order chi connectivity index (χ0) is 22.5. The molecule has 0 unspecified atom stereocenters. The van der Waals surface area contributed by atoms with Crippen molar-refractivity contribution in [1.82, 2.24) is 20.0 Å². The van der Waals surface area contributed by atoms with E-state index in [0.717, 1.165) is 22.4 Å². The van der Waals surface area contributed by atoms with Gasteiger partial charge in [0.25, 0.3) is 11.3 Å². The predicted octanol–water partition coefficient (Wildman–Crippen LogP) is 3.47. The summed E-state index contributed by atoms with van der Waals surface area (Å²) in [6.07, 6.45) is 1.52. The van der Waals surface area contributed by atoms with Crippen molar-refractivity contribution in [3.8, 4) is 17.0 Å². The molecule has 4 rings (SSSR count). The molecule has 8 nitrogen and oxygen atoms in total. The highest BCUT2D eigenvalue weighted by Gasteiger charge is 2.17. The fraction of sp³-hybridized carbons (Fsp3) is 0.250. The van der Waals surface area contributed by atoms with Gasteiger partial charge in [-0.05, 0) is 19.9 Å². The third-order valence-corrected chi connectivity index (χ3v) is 5.12. The second-order valence-electron chi connectivity index (χ2n) is 7.39. The van der Waals surface area contributed by atoms with E-state index in [-0.39, 0.29) is 30.1 Å². The molecule has 0 bridgehead atoms. The Kier molecular flexibility index (Phi) is 6.30. The van der Waals surface area contributed by atoms with Crippen LogP contribution in [0.2, 0.25) is 0 Å². The highest BCUT2D eigenvalue weighted by Crippen LogP contribution is 2.24. The Morgan fingerprint density at radius 1 is 1.16 bits per heavy atom. The molecule has 0 aliphatic carbocycles. The van der Waals surface area contributed by atoms with Crippen LogP contribution in [-0.2, 0) is 17.9 Å². The van der Waals surface area contributed by atoms with Gasteiger partial charge in [0, 0.05) is 30.6 Å². The maximum absolute atomic E-state index is 13.0. The van der Waals surface area contributed by atoms with Crippen molar-refractivity contribution in [2.75, 3.05) is 6.61 Å². The number of benzene rings is 2. The van der Waals surface area contributed by atoms with Gasteiger partial charge in [0.05, 0.1) is 6.61 Å². The van der Waals surface area contributed by atoms with Gasteiger partial charge in [-0.2, -0.15) is 0 Å². The van der Waals surface area contributed by atoms with Gasteiger partial charge in [-0.3, -0.25) is 14.2 Å². The first-order chi connectivity index (χ1) is 15.6. The van der Waals surface area contributed by atoms with Crippen molar-refractivity contribution >= 4 is 17.0 Å². The van der Waals surface area contributed by atoms with Crippen molar-refractivity contribution in [2.45, 2.75) is 33.4 Å². The fourth-order valence-corrected chi connectivity index (χ4v) is 3.40. The smallest absolute Gasteiger partial charge is 0.266 e. The van der Waals surface area contributed by atoms with Crippen LogP contribution in [0, 0.1) is 6.92 Å². The Labute approximate surface area is 184 Å². The molecule has 0 saturated heterocycles. The molecule has 0 saturated carbocycles. The Bertz CT molecular complexity index is 1290. The largest absolute Gasteiger partial charge is 0.494 e. The van der Waals surface area contributed by atoms with Crippen molar-refractivity contribution in [2.24, 2.45) is 0 Å². The van der Waals surface area contributed by atoms with E-state index in [9.17, 15) is 9.59 Å². The van der Waals surface area contributed by atoms with E-state index < -0.39 is 0 Å². The van der Waals surface area contributed by atoms with E-state index in [2.05, 4.69) is 15.5 Å². The number of para-hydroxylation sites is 1. The summed E-state index contributed by atoms with van der Waals surface area (Å²) in [5, 5.41) is 7.22. The number of hydrogen-bond acceptors (Lipinski definition) is 6. The van der Waals surface area contributed by atoms with E-state index >= 15 is 0 Å². The highest BCUT2D eigenvalue weighted by atomic mass is 16.5. The number of carbonyl (C=O) groups is 1. The van der Waals surface area contributed by atoms with Crippen LogP contribution < -0.4 is 15.6 Å². The molecular formula is C24H24N4O4. The summed E-state index contributed by atoms with van der Waals surface area (Å²) >= 11 is 0. The van der Waals surface area contributed by atoms with Gasteiger partial charge in [-0.25, -0.2) is 4.98 Å². The summed E-state index contributed by atoms with van der Waals surface area (Å²) in [5.74, 6) is 0.574. The second-order valence-corrected chi connectivity index (χ2v) is 7.39. The summed E-state index contributed by atoms with van der Waals surface area (Å²) in [4.78, 5) is 29.6. The number of nitrogens with one attached hydrogen (secondary N) is 1. The number of carbonyl (C=O) groups excluding carboxylic acids is 1. The maximum atomic E-state index is 13.0. The van der Waals surface area contributed by atoms with Crippen LogP contribution in [0.3, 0.4) is 0 Å². The highest BCUT2D eigenvalue weighted by molar-refractivity contribution is 5.88. The van der Waals surface area contributed by atoms with Gasteiger partial charge in [0.2, 0.25) is 5.91 Å². The molecule has 0 atom stereocenters. The van der Waals surface area contributed by atoms with Crippen molar-refractivity contribution in [3.63, 3.8) is 0 Å². The molecule has 0 spiro atoms. The molecule has 0 aliphatic rings. The van der Waals surface area contributed by atoms with Crippen LogP contribution >= 0.6 is 0 Å². The molecule has 164 valence electrons. The molecule has 32 heavy (non-hydrogen) atoms. The van der Waals surface area contributed by atoms with Crippen LogP contribution in [0.1, 0.15) is 24.5 Å². The molecular weight excluding hydrogens is 408 g/mol. The molecule has 4 aromatic rings. The zero-order valence-corrected chi connectivity index (χ0v) is 18.0. The van der Waals surface area contributed by atoms with Gasteiger partial charge in [0.15, 0.2) is 0 Å². The quantitative estimate of drug-likeness (QED) is 0.458. The molecule has 0 aliphatic heterocycles. The molecule has 0 radical (unpaired) electrons. The topological polar surface area (TPSA) is 99.2 Å². The predicted molar refractivity (Wildman–Crippen MR) is 120 cm³/mol. The van der Waals surface area contributed by atoms with Crippen LogP contribution in [0.15, 0.2) is 64.2 Å². The molecule has 1 amide bonds. The molecule has 2 aromatic carbocycles. The van der Waals surface area contributed by atoms with Gasteiger partial charge in [-0.1, -0.05) is 53.2 Å². The number of aryl methyl sites for hydroxylation is 2. The number of hydrogen-bond donors (Lipinski definition) is 1. The lowest BCUT2D eigenvalue weighted by Crippen LogP contribution is -2.27. The third kappa shape index (κ3) is 4.54. The monoisotopic (exact) mass is 432 g/mol. The van der Waals surface area contributed by atoms with E-state index in [0.29, 0.717) is 24.2 Å². The normalized spacial score (nSPS) is 10.9. The minimum atomic E-state index is -0.290. The van der Waals surface area contributed by atoms with E-state index in [1.54, 1.807) is 0 Å². The van der Waals surface area contributed by atoms with Gasteiger partial charge in [-0.15, -0.1) is 0 Å². The van der Waals surface area contributed by atoms with Gasteiger partial charge < -0.3 is 14.6 Å². The molecule has 1 N–H and O–H groups in total. The number of amides is 1. The summed E-state index contributed by atoms with van der Waals surface area (Å²) in [6, 6.07) is 15.2. The lowest BCUT2D eigenvalue weighted by molar-refractivity contribution is -0.121. The molecule has 0 fully saturated rings. The average molecular weight is 432 g/mol. The lowest BCUT2D eigenvalue weighted by atomic mass is 10.1. The minimum absolute atomic E-state index is 0.134. The van der Waals surface area contributed by atoms with Crippen LogP contribution in [0.4, 0.5) is 0 Å². The van der Waals surface area contributed by atoms with Crippen molar-refractivity contribution in [3.05, 3.63) is 76.3 Å². The SMILES string of the molecule is CCOc1ccccc1CNC(=O)CCn1cnc2onc(-c3ccc(C)cc3)c2c1=O. The lowest BCUT2D eigenvalue weighted by Gasteiger charge is -2.11. The molecule has 8 heteroatoms.